The fourth-order valence-electron chi connectivity index (χ4n) is 10.9. The molecule has 2 atom stereocenters. The zero-order valence-electron chi connectivity index (χ0n) is 52.2. The number of carbonyl (C=O) groups is 1. The van der Waals surface area contributed by atoms with Crippen LogP contribution in [0.5, 0.6) is 0 Å². The summed E-state index contributed by atoms with van der Waals surface area (Å²) in [5.41, 5.74) is 0. The number of hydrogen-bond donors (Lipinski definition) is 3. The first kappa shape index (κ1) is 75.1. The molecule has 3 N–H and O–H groups in total. The third kappa shape index (κ3) is 64.8. The smallest absolute Gasteiger partial charge is 0.220 e. The van der Waals surface area contributed by atoms with E-state index < -0.39 is 12.1 Å². The van der Waals surface area contributed by atoms with Crippen LogP contribution in [0.2, 0.25) is 0 Å². The van der Waals surface area contributed by atoms with Crippen molar-refractivity contribution in [3.8, 4) is 0 Å². The van der Waals surface area contributed by atoms with Crippen LogP contribution >= 0.6 is 0 Å². The highest BCUT2D eigenvalue weighted by molar-refractivity contribution is 5.76. The largest absolute Gasteiger partial charge is 0.394 e. The van der Waals surface area contributed by atoms with Crippen LogP contribution in [0, 0.1) is 0 Å². The Labute approximate surface area is 483 Å². The van der Waals surface area contributed by atoms with Crippen LogP contribution < -0.4 is 5.32 Å². The minimum atomic E-state index is -0.872. The molecule has 4 heteroatoms. The highest BCUT2D eigenvalue weighted by Gasteiger charge is 2.18. The lowest BCUT2D eigenvalue weighted by atomic mass is 10.0. The molecule has 0 rings (SSSR count). The molecule has 0 aromatic rings. The minimum absolute atomic E-state index is 0.0714. The van der Waals surface area contributed by atoms with Crippen LogP contribution in [0.15, 0.2) is 60.8 Å². The van der Waals surface area contributed by atoms with Gasteiger partial charge in [-0.3, -0.25) is 4.79 Å². The number of nitrogens with one attached hydrogen (secondary N) is 1. The Balaban J connectivity index is 3.46. The van der Waals surface area contributed by atoms with Gasteiger partial charge in [0, 0.05) is 6.42 Å². The van der Waals surface area contributed by atoms with E-state index >= 15 is 0 Å². The van der Waals surface area contributed by atoms with E-state index in [1.165, 1.54) is 315 Å². The van der Waals surface area contributed by atoms with E-state index in [1.54, 1.807) is 6.08 Å². The molecule has 0 spiro atoms. The van der Waals surface area contributed by atoms with E-state index in [-0.39, 0.29) is 12.5 Å². The molecule has 0 saturated heterocycles. The van der Waals surface area contributed by atoms with Crippen LogP contribution in [-0.4, -0.2) is 34.9 Å². The standard InChI is InChI=1S/C73H137NO3/c1-3-5-7-9-11-13-15-17-19-21-23-25-27-29-31-33-34-35-36-37-38-39-40-41-43-45-47-49-51-53-55-57-59-61-63-65-67-69-73(77)74-71(70-75)72(76)68-66-64-62-60-58-56-54-52-50-48-46-44-42-32-30-28-26-24-22-20-18-16-14-12-10-8-6-4-2/h15,17,21,23,50,52,58,60,66,68,71-72,75-76H,3-14,16,18-20,22,24-49,51,53-57,59,61-65,67,69-70H2,1-2H3,(H,74,77)/b17-15-,23-21-,52-50+,60-58+,68-66+. The molecule has 4 nitrogen and oxygen atoms in total. The number of hydrogen-bond acceptors (Lipinski definition) is 3. The minimum Gasteiger partial charge on any atom is -0.394 e. The number of carbonyl (C=O) groups excluding carboxylic acids is 1. The molecule has 1 amide bonds. The summed E-state index contributed by atoms with van der Waals surface area (Å²) in [6.07, 6.45) is 97.4. The van der Waals surface area contributed by atoms with Crippen molar-refractivity contribution in [2.24, 2.45) is 0 Å². The highest BCUT2D eigenvalue weighted by Crippen LogP contribution is 2.18. The first-order valence-electron chi connectivity index (χ1n) is 35.0. The SMILES string of the molecule is CCCCCCC/C=C\C/C=C\CCCCCCCCCCCCCCCCCCCCCCCCCCCC(=O)NC(CO)C(O)/C=C/CC/C=C/CC/C=C/CCCCCCCCCCCCCCCCCCCC. The van der Waals surface area contributed by atoms with E-state index in [0.717, 1.165) is 44.9 Å². The Morgan fingerprint density at radius 2 is 0.545 bits per heavy atom. The summed E-state index contributed by atoms with van der Waals surface area (Å²) in [6.45, 7) is 4.32. The second-order valence-electron chi connectivity index (χ2n) is 23.9. The van der Waals surface area contributed by atoms with E-state index in [1.807, 2.05) is 6.08 Å². The Kier molecular flexibility index (Phi) is 66.7. The number of rotatable bonds is 65. The molecular formula is C73H137NO3. The van der Waals surface area contributed by atoms with Gasteiger partial charge in [-0.15, -0.1) is 0 Å². The summed E-state index contributed by atoms with van der Waals surface area (Å²) in [6, 6.07) is -0.647. The van der Waals surface area contributed by atoms with E-state index in [2.05, 4.69) is 67.8 Å². The van der Waals surface area contributed by atoms with Crippen LogP contribution in [0.4, 0.5) is 0 Å². The average molecular weight is 1080 g/mol. The Morgan fingerprint density at radius 3 is 0.831 bits per heavy atom. The van der Waals surface area contributed by atoms with Gasteiger partial charge < -0.3 is 15.5 Å². The van der Waals surface area contributed by atoms with Crippen molar-refractivity contribution in [3.05, 3.63) is 60.8 Å². The van der Waals surface area contributed by atoms with Crippen LogP contribution in [-0.2, 0) is 4.79 Å². The second kappa shape index (κ2) is 68.4. The Bertz CT molecular complexity index is 1270. The van der Waals surface area contributed by atoms with Gasteiger partial charge >= 0.3 is 0 Å². The third-order valence-corrected chi connectivity index (χ3v) is 16.2. The summed E-state index contributed by atoms with van der Waals surface area (Å²) in [7, 11) is 0. The van der Waals surface area contributed by atoms with Crippen molar-refractivity contribution in [3.63, 3.8) is 0 Å². The topological polar surface area (TPSA) is 69.6 Å². The summed E-state index contributed by atoms with van der Waals surface area (Å²) in [5, 5.41) is 23.3. The normalized spacial score (nSPS) is 13.0. The maximum absolute atomic E-state index is 12.5. The molecule has 452 valence electrons. The second-order valence-corrected chi connectivity index (χ2v) is 23.9. The van der Waals surface area contributed by atoms with E-state index in [4.69, 9.17) is 0 Å². The Morgan fingerprint density at radius 1 is 0.312 bits per heavy atom. The monoisotopic (exact) mass is 1080 g/mol. The molecule has 0 heterocycles. The summed E-state index contributed by atoms with van der Waals surface area (Å²) in [4.78, 5) is 12.5. The predicted molar refractivity (Wildman–Crippen MR) is 345 cm³/mol. The van der Waals surface area contributed by atoms with Crippen molar-refractivity contribution in [2.75, 3.05) is 6.61 Å². The molecule has 0 saturated carbocycles. The van der Waals surface area contributed by atoms with Gasteiger partial charge in [-0.2, -0.15) is 0 Å². The molecule has 0 fully saturated rings. The van der Waals surface area contributed by atoms with Crippen molar-refractivity contribution in [2.45, 2.75) is 392 Å². The average Bonchev–Trinajstić information content (AvgIpc) is 3.43. The van der Waals surface area contributed by atoms with Crippen molar-refractivity contribution >= 4 is 5.91 Å². The highest BCUT2D eigenvalue weighted by atomic mass is 16.3. The van der Waals surface area contributed by atoms with E-state index in [9.17, 15) is 15.0 Å². The molecule has 0 aliphatic rings. The first-order chi connectivity index (χ1) is 38.2. The lowest BCUT2D eigenvalue weighted by molar-refractivity contribution is -0.123. The fourth-order valence-corrected chi connectivity index (χ4v) is 10.9. The number of aliphatic hydroxyl groups is 2. The summed E-state index contributed by atoms with van der Waals surface area (Å²) < 4.78 is 0. The lowest BCUT2D eigenvalue weighted by Gasteiger charge is -2.19. The predicted octanol–water partition coefficient (Wildman–Crippen LogP) is 23.9. The van der Waals surface area contributed by atoms with Gasteiger partial charge in [-0.25, -0.2) is 0 Å². The fraction of sp³-hybridized carbons (Fsp3) is 0.849. The molecule has 0 bridgehead atoms. The van der Waals surface area contributed by atoms with Crippen molar-refractivity contribution in [1.29, 1.82) is 0 Å². The molecule has 77 heavy (non-hydrogen) atoms. The number of allylic oxidation sites excluding steroid dienone is 9. The molecule has 0 radical (unpaired) electrons. The lowest BCUT2D eigenvalue weighted by Crippen LogP contribution is -2.45. The Hall–Kier alpha value is -1.91. The van der Waals surface area contributed by atoms with Gasteiger partial charge in [0.15, 0.2) is 0 Å². The van der Waals surface area contributed by atoms with Crippen LogP contribution in [0.1, 0.15) is 380 Å². The van der Waals surface area contributed by atoms with Crippen LogP contribution in [0.25, 0.3) is 0 Å². The van der Waals surface area contributed by atoms with Gasteiger partial charge in [-0.05, 0) is 77.0 Å². The molecule has 0 aromatic heterocycles. The summed E-state index contributed by atoms with van der Waals surface area (Å²) >= 11 is 0. The molecular weight excluding hydrogens is 939 g/mol. The number of amides is 1. The van der Waals surface area contributed by atoms with Crippen LogP contribution in [0.3, 0.4) is 0 Å². The summed E-state index contributed by atoms with van der Waals surface area (Å²) in [5.74, 6) is -0.0714. The van der Waals surface area contributed by atoms with Gasteiger partial charge in [-0.1, -0.05) is 357 Å². The zero-order chi connectivity index (χ0) is 55.5. The van der Waals surface area contributed by atoms with Gasteiger partial charge in [0.1, 0.15) is 0 Å². The number of unbranched alkanes of at least 4 members (excludes halogenated alkanes) is 50. The first-order valence-corrected chi connectivity index (χ1v) is 35.0. The molecule has 0 aromatic carbocycles. The molecule has 2 unspecified atom stereocenters. The van der Waals surface area contributed by atoms with E-state index in [0.29, 0.717) is 6.42 Å². The molecule has 0 aliphatic heterocycles. The quantitative estimate of drug-likeness (QED) is 0.0420. The van der Waals surface area contributed by atoms with Gasteiger partial charge in [0.05, 0.1) is 18.8 Å². The zero-order valence-corrected chi connectivity index (χ0v) is 52.2. The third-order valence-electron chi connectivity index (χ3n) is 16.2. The maximum Gasteiger partial charge on any atom is 0.220 e. The maximum atomic E-state index is 12.5. The molecule has 0 aliphatic carbocycles. The van der Waals surface area contributed by atoms with Crippen molar-refractivity contribution < 1.29 is 15.0 Å². The number of aliphatic hydroxyl groups excluding tert-OH is 2. The van der Waals surface area contributed by atoms with Crippen molar-refractivity contribution in [1.82, 2.24) is 5.32 Å². The van der Waals surface area contributed by atoms with Gasteiger partial charge in [0.25, 0.3) is 0 Å². The van der Waals surface area contributed by atoms with Gasteiger partial charge in [0.2, 0.25) is 5.91 Å².